The first kappa shape index (κ1) is 22.7. The van der Waals surface area contributed by atoms with E-state index >= 15 is 0 Å². The molecule has 0 unspecified atom stereocenters. The molecule has 0 aliphatic rings. The van der Waals surface area contributed by atoms with E-state index in [1.165, 1.54) is 17.7 Å². The third-order valence-corrected chi connectivity index (χ3v) is 6.16. The van der Waals surface area contributed by atoms with Crippen molar-refractivity contribution in [2.24, 2.45) is 0 Å². The molecule has 168 valence electrons. The second kappa shape index (κ2) is 10.9. The minimum atomic E-state index is -0.281. The van der Waals surface area contributed by atoms with Gasteiger partial charge in [-0.05, 0) is 43.2 Å². The molecule has 0 aliphatic carbocycles. The van der Waals surface area contributed by atoms with Crippen molar-refractivity contribution in [2.75, 3.05) is 5.75 Å². The van der Waals surface area contributed by atoms with Gasteiger partial charge in [-0.2, -0.15) is 0 Å². The molecule has 0 aliphatic heterocycles. The molecule has 4 rings (SSSR count). The van der Waals surface area contributed by atoms with Gasteiger partial charge in [0.1, 0.15) is 5.82 Å². The zero-order chi connectivity index (χ0) is 23.0. The van der Waals surface area contributed by atoms with E-state index in [1.54, 1.807) is 23.9 Å². The SMILES string of the molecule is Cc1ccc(-c2nnc(SCCCC(=O)NCc3ccc(F)cc3)n2-c2ccccc2)cc1. The summed E-state index contributed by atoms with van der Waals surface area (Å²) in [4.78, 5) is 12.2. The summed E-state index contributed by atoms with van der Waals surface area (Å²) >= 11 is 1.59. The number of hydrogen-bond donors (Lipinski definition) is 1. The topological polar surface area (TPSA) is 59.8 Å². The Hall–Kier alpha value is -3.45. The monoisotopic (exact) mass is 460 g/mol. The van der Waals surface area contributed by atoms with Crippen LogP contribution in [-0.4, -0.2) is 26.4 Å². The summed E-state index contributed by atoms with van der Waals surface area (Å²) in [5, 5.41) is 12.6. The zero-order valence-electron chi connectivity index (χ0n) is 18.4. The Kier molecular flexibility index (Phi) is 7.52. The summed E-state index contributed by atoms with van der Waals surface area (Å²) in [7, 11) is 0. The number of nitrogens with one attached hydrogen (secondary N) is 1. The lowest BCUT2D eigenvalue weighted by molar-refractivity contribution is -0.121. The summed E-state index contributed by atoms with van der Waals surface area (Å²) in [5.74, 6) is 1.23. The van der Waals surface area contributed by atoms with Crippen LogP contribution in [0.4, 0.5) is 4.39 Å². The molecule has 1 aromatic heterocycles. The highest BCUT2D eigenvalue weighted by atomic mass is 32.2. The van der Waals surface area contributed by atoms with Crippen molar-refractivity contribution in [1.82, 2.24) is 20.1 Å². The fourth-order valence-electron chi connectivity index (χ4n) is 3.35. The Balaban J connectivity index is 1.37. The number of thioether (sulfide) groups is 1. The zero-order valence-corrected chi connectivity index (χ0v) is 19.2. The maximum Gasteiger partial charge on any atom is 0.220 e. The van der Waals surface area contributed by atoms with Gasteiger partial charge in [-0.3, -0.25) is 9.36 Å². The van der Waals surface area contributed by atoms with Gasteiger partial charge in [0.15, 0.2) is 11.0 Å². The van der Waals surface area contributed by atoms with Crippen LogP contribution in [-0.2, 0) is 11.3 Å². The lowest BCUT2D eigenvalue weighted by atomic mass is 10.1. The number of para-hydroxylation sites is 1. The van der Waals surface area contributed by atoms with E-state index in [-0.39, 0.29) is 11.7 Å². The van der Waals surface area contributed by atoms with E-state index in [1.807, 2.05) is 30.3 Å². The molecule has 0 spiro atoms. The van der Waals surface area contributed by atoms with Gasteiger partial charge in [-0.1, -0.05) is 71.9 Å². The lowest BCUT2D eigenvalue weighted by Crippen LogP contribution is -2.22. The maximum atomic E-state index is 13.0. The van der Waals surface area contributed by atoms with Crippen LogP contribution in [0.25, 0.3) is 17.1 Å². The smallest absolute Gasteiger partial charge is 0.220 e. The molecule has 1 N–H and O–H groups in total. The second-order valence-corrected chi connectivity index (χ2v) is 8.76. The van der Waals surface area contributed by atoms with Crippen LogP contribution in [0, 0.1) is 12.7 Å². The molecule has 0 saturated heterocycles. The normalized spacial score (nSPS) is 10.8. The van der Waals surface area contributed by atoms with Crippen LogP contribution in [0.1, 0.15) is 24.0 Å². The summed E-state index contributed by atoms with van der Waals surface area (Å²) < 4.78 is 15.0. The fraction of sp³-hybridized carbons (Fsp3) is 0.192. The van der Waals surface area contributed by atoms with E-state index in [0.29, 0.717) is 19.4 Å². The average molecular weight is 461 g/mol. The largest absolute Gasteiger partial charge is 0.352 e. The van der Waals surface area contributed by atoms with Crippen molar-refractivity contribution < 1.29 is 9.18 Å². The van der Waals surface area contributed by atoms with Crippen LogP contribution >= 0.6 is 11.8 Å². The van der Waals surface area contributed by atoms with Crippen molar-refractivity contribution in [3.63, 3.8) is 0 Å². The molecule has 1 amide bonds. The number of carbonyl (C=O) groups excluding carboxylic acids is 1. The Labute approximate surface area is 197 Å². The number of carbonyl (C=O) groups is 1. The van der Waals surface area contributed by atoms with Gasteiger partial charge in [0.25, 0.3) is 0 Å². The lowest BCUT2D eigenvalue weighted by Gasteiger charge is -2.10. The number of aryl methyl sites for hydroxylation is 1. The Bertz CT molecular complexity index is 1190. The molecule has 5 nitrogen and oxygen atoms in total. The molecule has 33 heavy (non-hydrogen) atoms. The van der Waals surface area contributed by atoms with Crippen LogP contribution in [0.2, 0.25) is 0 Å². The standard InChI is InChI=1S/C26H25FN4OS/c1-19-9-13-21(14-10-19)25-29-30-26(31(25)23-6-3-2-4-7-23)33-17-5-8-24(32)28-18-20-11-15-22(27)16-12-20/h2-4,6-7,9-16H,5,8,17-18H2,1H3,(H,28,32). The third-order valence-electron chi connectivity index (χ3n) is 5.14. The first-order valence-corrected chi connectivity index (χ1v) is 11.8. The number of nitrogens with zero attached hydrogens (tertiary/aromatic N) is 3. The Morgan fingerprint density at radius 3 is 2.42 bits per heavy atom. The molecule has 7 heteroatoms. The number of amides is 1. The average Bonchev–Trinajstić information content (AvgIpc) is 3.26. The summed E-state index contributed by atoms with van der Waals surface area (Å²) in [6.07, 6.45) is 1.12. The number of hydrogen-bond acceptors (Lipinski definition) is 4. The van der Waals surface area contributed by atoms with E-state index in [9.17, 15) is 9.18 Å². The van der Waals surface area contributed by atoms with E-state index < -0.39 is 0 Å². The van der Waals surface area contributed by atoms with Crippen molar-refractivity contribution in [1.29, 1.82) is 0 Å². The maximum absolute atomic E-state index is 13.0. The summed E-state index contributed by atoms with van der Waals surface area (Å²) in [6.45, 7) is 2.46. The van der Waals surface area contributed by atoms with Gasteiger partial charge < -0.3 is 5.32 Å². The van der Waals surface area contributed by atoms with Gasteiger partial charge >= 0.3 is 0 Å². The molecule has 4 aromatic rings. The number of aromatic nitrogens is 3. The molecule has 1 heterocycles. The number of rotatable bonds is 9. The van der Waals surface area contributed by atoms with Crippen LogP contribution in [0.5, 0.6) is 0 Å². The molecule has 0 saturated carbocycles. The Morgan fingerprint density at radius 2 is 1.70 bits per heavy atom. The van der Waals surface area contributed by atoms with Gasteiger partial charge in [0.05, 0.1) is 0 Å². The quantitative estimate of drug-likeness (QED) is 0.262. The van der Waals surface area contributed by atoms with Crippen molar-refractivity contribution in [3.8, 4) is 17.1 Å². The van der Waals surface area contributed by atoms with Gasteiger partial charge in [-0.25, -0.2) is 4.39 Å². The molecule has 3 aromatic carbocycles. The van der Waals surface area contributed by atoms with E-state index in [4.69, 9.17) is 0 Å². The highest BCUT2D eigenvalue weighted by Gasteiger charge is 2.16. The van der Waals surface area contributed by atoms with Crippen LogP contribution in [0.15, 0.2) is 84.0 Å². The minimum absolute atomic E-state index is 0.0233. The van der Waals surface area contributed by atoms with E-state index in [0.717, 1.165) is 33.5 Å². The van der Waals surface area contributed by atoms with Gasteiger partial charge in [0.2, 0.25) is 5.91 Å². The first-order valence-electron chi connectivity index (χ1n) is 10.8. The summed E-state index contributed by atoms with van der Waals surface area (Å²) in [5.41, 5.74) is 4.07. The molecular formula is C26H25FN4OS. The van der Waals surface area contributed by atoms with Gasteiger partial charge in [0, 0.05) is 30.0 Å². The first-order chi connectivity index (χ1) is 16.1. The molecule has 0 atom stereocenters. The van der Waals surface area contributed by atoms with Crippen LogP contribution < -0.4 is 5.32 Å². The Morgan fingerprint density at radius 1 is 0.970 bits per heavy atom. The molecule has 0 bridgehead atoms. The third kappa shape index (κ3) is 6.08. The number of benzene rings is 3. The molecule has 0 fully saturated rings. The fourth-order valence-corrected chi connectivity index (χ4v) is 4.24. The van der Waals surface area contributed by atoms with Crippen LogP contribution in [0.3, 0.4) is 0 Å². The number of halogens is 1. The van der Waals surface area contributed by atoms with E-state index in [2.05, 4.69) is 51.3 Å². The molecule has 0 radical (unpaired) electrons. The van der Waals surface area contributed by atoms with Crippen molar-refractivity contribution in [2.45, 2.75) is 31.5 Å². The minimum Gasteiger partial charge on any atom is -0.352 e. The predicted octanol–water partition coefficient (Wildman–Crippen LogP) is 5.57. The van der Waals surface area contributed by atoms with Gasteiger partial charge in [-0.15, -0.1) is 10.2 Å². The molecular weight excluding hydrogens is 435 g/mol. The summed E-state index contributed by atoms with van der Waals surface area (Å²) in [6, 6.07) is 24.4. The van der Waals surface area contributed by atoms with Crippen molar-refractivity contribution >= 4 is 17.7 Å². The highest BCUT2D eigenvalue weighted by Crippen LogP contribution is 2.28. The highest BCUT2D eigenvalue weighted by molar-refractivity contribution is 7.99. The van der Waals surface area contributed by atoms with Crippen molar-refractivity contribution in [3.05, 3.63) is 95.8 Å². The predicted molar refractivity (Wildman–Crippen MR) is 130 cm³/mol. The second-order valence-electron chi connectivity index (χ2n) is 7.70.